The van der Waals surface area contributed by atoms with Gasteiger partial charge in [0.1, 0.15) is 5.75 Å². The number of carbonyl (C=O) groups is 1. The maximum Gasteiger partial charge on any atom is 0.239 e. The first-order valence-electron chi connectivity index (χ1n) is 6.83. The van der Waals surface area contributed by atoms with E-state index in [1.165, 1.54) is 0 Å². The molecular weight excluding hydrogens is 240 g/mol. The van der Waals surface area contributed by atoms with E-state index in [4.69, 9.17) is 0 Å². The molecule has 104 valence electrons. The predicted octanol–water partition coefficient (Wildman–Crippen LogP) is 1.74. The van der Waals surface area contributed by atoms with Crippen LogP contribution >= 0.6 is 0 Å². The normalized spacial score (nSPS) is 23.1. The number of phenols is 1. The number of hydrogen-bond donors (Lipinski definition) is 2. The molecule has 4 nitrogen and oxygen atoms in total. The van der Waals surface area contributed by atoms with Crippen molar-refractivity contribution in [3.05, 3.63) is 29.8 Å². The van der Waals surface area contributed by atoms with Crippen molar-refractivity contribution in [1.82, 2.24) is 10.2 Å². The maximum atomic E-state index is 12.3. The third kappa shape index (κ3) is 3.47. The second-order valence-corrected chi connectivity index (χ2v) is 5.46. The monoisotopic (exact) mass is 262 g/mol. The van der Waals surface area contributed by atoms with Gasteiger partial charge in [0, 0.05) is 19.2 Å². The number of piperidine rings is 1. The molecule has 0 radical (unpaired) electrons. The van der Waals surface area contributed by atoms with E-state index in [1.807, 2.05) is 12.1 Å². The van der Waals surface area contributed by atoms with E-state index in [0.717, 1.165) is 24.9 Å². The van der Waals surface area contributed by atoms with Crippen LogP contribution in [0.4, 0.5) is 0 Å². The van der Waals surface area contributed by atoms with E-state index < -0.39 is 0 Å². The van der Waals surface area contributed by atoms with Crippen LogP contribution in [0.2, 0.25) is 0 Å². The molecule has 1 saturated heterocycles. The van der Waals surface area contributed by atoms with Gasteiger partial charge in [-0.15, -0.1) is 0 Å². The average Bonchev–Trinajstić information content (AvgIpc) is 2.40. The quantitative estimate of drug-likeness (QED) is 0.872. The Morgan fingerprint density at radius 1 is 1.47 bits per heavy atom. The van der Waals surface area contributed by atoms with Gasteiger partial charge in [0.2, 0.25) is 5.91 Å². The van der Waals surface area contributed by atoms with Crippen LogP contribution in [0.1, 0.15) is 25.3 Å². The summed E-state index contributed by atoms with van der Waals surface area (Å²) in [5, 5.41) is 13.0. The fraction of sp³-hybridized carbons (Fsp3) is 0.533. The molecule has 2 unspecified atom stereocenters. The number of rotatable bonds is 3. The highest BCUT2D eigenvalue weighted by Crippen LogP contribution is 2.20. The Morgan fingerprint density at radius 3 is 2.89 bits per heavy atom. The summed E-state index contributed by atoms with van der Waals surface area (Å²) in [6.45, 7) is 3.53. The second kappa shape index (κ2) is 6.06. The first-order chi connectivity index (χ1) is 9.08. The van der Waals surface area contributed by atoms with Gasteiger partial charge in [-0.05, 0) is 31.4 Å². The van der Waals surface area contributed by atoms with Gasteiger partial charge in [0.25, 0.3) is 0 Å². The Morgan fingerprint density at radius 2 is 2.21 bits per heavy atom. The molecule has 1 aliphatic heterocycles. The number of nitrogens with zero attached hydrogens (tertiary/aromatic N) is 1. The number of benzene rings is 1. The zero-order valence-electron chi connectivity index (χ0n) is 11.6. The lowest BCUT2D eigenvalue weighted by Crippen LogP contribution is -2.48. The average molecular weight is 262 g/mol. The van der Waals surface area contributed by atoms with Crippen molar-refractivity contribution in [1.29, 1.82) is 0 Å². The minimum atomic E-state index is -0.0837. The fourth-order valence-corrected chi connectivity index (χ4v) is 2.54. The molecule has 1 amide bonds. The van der Waals surface area contributed by atoms with Crippen LogP contribution in [-0.2, 0) is 11.3 Å². The number of amides is 1. The first kappa shape index (κ1) is 13.9. The summed E-state index contributed by atoms with van der Waals surface area (Å²) in [7, 11) is 1.79. The largest absolute Gasteiger partial charge is 0.508 e. The van der Waals surface area contributed by atoms with E-state index >= 15 is 0 Å². The Balaban J connectivity index is 1.97. The molecule has 1 fully saturated rings. The van der Waals surface area contributed by atoms with Crippen molar-refractivity contribution in [2.24, 2.45) is 5.92 Å². The summed E-state index contributed by atoms with van der Waals surface area (Å²) >= 11 is 0. The molecule has 0 aliphatic carbocycles. The van der Waals surface area contributed by atoms with E-state index in [9.17, 15) is 9.90 Å². The molecule has 1 aliphatic rings. The molecule has 2 N–H and O–H groups in total. The first-order valence-corrected chi connectivity index (χ1v) is 6.83. The van der Waals surface area contributed by atoms with E-state index in [1.54, 1.807) is 24.1 Å². The van der Waals surface area contributed by atoms with Gasteiger partial charge in [-0.2, -0.15) is 0 Å². The Bertz CT molecular complexity index is 448. The molecule has 1 heterocycles. The van der Waals surface area contributed by atoms with Gasteiger partial charge >= 0.3 is 0 Å². The Labute approximate surface area is 114 Å². The maximum absolute atomic E-state index is 12.3. The summed E-state index contributed by atoms with van der Waals surface area (Å²) in [5.74, 6) is 0.940. The smallest absolute Gasteiger partial charge is 0.239 e. The van der Waals surface area contributed by atoms with Crippen LogP contribution in [-0.4, -0.2) is 35.5 Å². The van der Waals surface area contributed by atoms with Crippen LogP contribution < -0.4 is 5.32 Å². The molecule has 0 bridgehead atoms. The summed E-state index contributed by atoms with van der Waals surface area (Å²) in [4.78, 5) is 14.0. The fourth-order valence-electron chi connectivity index (χ4n) is 2.54. The van der Waals surface area contributed by atoms with Gasteiger partial charge in [-0.25, -0.2) is 0 Å². The number of carbonyl (C=O) groups excluding carboxylic acids is 1. The lowest BCUT2D eigenvalue weighted by molar-refractivity contribution is -0.133. The van der Waals surface area contributed by atoms with Gasteiger partial charge in [0.05, 0.1) is 6.04 Å². The standard InChI is InChI=1S/C15H22N2O2/c1-11-7-8-16-13(9-11)15(19)17(2)10-12-5-3-4-6-14(12)18/h3-6,11,13,16,18H,7-10H2,1-2H3. The van der Waals surface area contributed by atoms with Crippen LogP contribution in [0.25, 0.3) is 0 Å². The summed E-state index contributed by atoms with van der Waals surface area (Å²) in [6, 6.07) is 7.06. The third-order valence-corrected chi connectivity index (χ3v) is 3.74. The minimum Gasteiger partial charge on any atom is -0.508 e. The van der Waals surface area contributed by atoms with Crippen LogP contribution in [0.5, 0.6) is 5.75 Å². The number of para-hydroxylation sites is 1. The van der Waals surface area contributed by atoms with Crippen LogP contribution in [0.3, 0.4) is 0 Å². The molecule has 1 aromatic carbocycles. The zero-order valence-corrected chi connectivity index (χ0v) is 11.6. The van der Waals surface area contributed by atoms with Crippen molar-refractivity contribution < 1.29 is 9.90 Å². The zero-order chi connectivity index (χ0) is 13.8. The van der Waals surface area contributed by atoms with Gasteiger partial charge in [-0.3, -0.25) is 4.79 Å². The van der Waals surface area contributed by atoms with Crippen LogP contribution in [0.15, 0.2) is 24.3 Å². The second-order valence-electron chi connectivity index (χ2n) is 5.46. The third-order valence-electron chi connectivity index (χ3n) is 3.74. The van der Waals surface area contributed by atoms with Crippen molar-refractivity contribution in [2.45, 2.75) is 32.4 Å². The Hall–Kier alpha value is -1.55. The Kier molecular flexibility index (Phi) is 4.43. The summed E-state index contributed by atoms with van der Waals surface area (Å²) in [5.41, 5.74) is 0.780. The molecule has 0 saturated carbocycles. The number of aromatic hydroxyl groups is 1. The van der Waals surface area contributed by atoms with E-state index in [0.29, 0.717) is 12.5 Å². The van der Waals surface area contributed by atoms with E-state index in [-0.39, 0.29) is 17.7 Å². The number of hydrogen-bond acceptors (Lipinski definition) is 3. The molecular formula is C15H22N2O2. The van der Waals surface area contributed by atoms with Crippen molar-refractivity contribution in [3.63, 3.8) is 0 Å². The lowest BCUT2D eigenvalue weighted by atomic mass is 9.93. The SMILES string of the molecule is CC1CCNC(C(=O)N(C)Cc2ccccc2O)C1. The van der Waals surface area contributed by atoms with Gasteiger partial charge in [-0.1, -0.05) is 25.1 Å². The molecule has 19 heavy (non-hydrogen) atoms. The number of nitrogens with one attached hydrogen (secondary N) is 1. The van der Waals surface area contributed by atoms with Crippen molar-refractivity contribution in [3.8, 4) is 5.75 Å². The molecule has 2 rings (SSSR count). The highest BCUT2D eigenvalue weighted by atomic mass is 16.3. The summed E-state index contributed by atoms with van der Waals surface area (Å²) < 4.78 is 0. The predicted molar refractivity (Wildman–Crippen MR) is 74.8 cm³/mol. The van der Waals surface area contributed by atoms with Crippen LogP contribution in [0, 0.1) is 5.92 Å². The minimum absolute atomic E-state index is 0.0837. The topological polar surface area (TPSA) is 52.6 Å². The molecule has 0 spiro atoms. The number of phenolic OH excluding ortho intramolecular Hbond substituents is 1. The van der Waals surface area contributed by atoms with Crippen molar-refractivity contribution in [2.75, 3.05) is 13.6 Å². The highest BCUT2D eigenvalue weighted by molar-refractivity contribution is 5.81. The molecule has 1 aromatic rings. The van der Waals surface area contributed by atoms with Gasteiger partial charge in [0.15, 0.2) is 0 Å². The highest BCUT2D eigenvalue weighted by Gasteiger charge is 2.27. The van der Waals surface area contributed by atoms with E-state index in [2.05, 4.69) is 12.2 Å². The molecule has 0 aromatic heterocycles. The van der Waals surface area contributed by atoms with Crippen molar-refractivity contribution >= 4 is 5.91 Å². The molecule has 4 heteroatoms. The van der Waals surface area contributed by atoms with Gasteiger partial charge < -0.3 is 15.3 Å². The summed E-state index contributed by atoms with van der Waals surface area (Å²) in [6.07, 6.45) is 2.02. The molecule has 2 atom stereocenters. The number of likely N-dealkylation sites (N-methyl/N-ethyl adjacent to an activating group) is 1. The lowest BCUT2D eigenvalue weighted by Gasteiger charge is -2.30.